The second-order valence-corrected chi connectivity index (χ2v) is 6.36. The number of carbonyl (C=O) groups excluding carboxylic acids is 1. The summed E-state index contributed by atoms with van der Waals surface area (Å²) in [5.74, 6) is -1.00. The number of ether oxygens (including phenoxy) is 2. The predicted molar refractivity (Wildman–Crippen MR) is 71.1 cm³/mol. The Morgan fingerprint density at radius 1 is 1.11 bits per heavy atom. The lowest BCUT2D eigenvalue weighted by atomic mass is 10.1. The molecule has 0 spiro atoms. The summed E-state index contributed by atoms with van der Waals surface area (Å²) in [5, 5.41) is 11.3. The van der Waals surface area contributed by atoms with E-state index in [2.05, 4.69) is 5.32 Å². The van der Waals surface area contributed by atoms with Gasteiger partial charge in [0.1, 0.15) is 5.60 Å². The number of rotatable bonds is 5. The van der Waals surface area contributed by atoms with Crippen molar-refractivity contribution in [3.8, 4) is 0 Å². The zero-order valence-electron chi connectivity index (χ0n) is 12.6. The van der Waals surface area contributed by atoms with Gasteiger partial charge < -0.3 is 19.9 Å². The van der Waals surface area contributed by atoms with Crippen molar-refractivity contribution in [2.75, 3.05) is 6.61 Å². The molecule has 6 heteroatoms. The lowest BCUT2D eigenvalue weighted by Crippen LogP contribution is -2.43. The van der Waals surface area contributed by atoms with E-state index in [9.17, 15) is 9.59 Å². The quantitative estimate of drug-likeness (QED) is 0.803. The number of amides is 1. The Labute approximate surface area is 114 Å². The Hall–Kier alpha value is -1.30. The number of carbonyl (C=O) groups is 2. The standard InChI is InChI=1S/C13H25NO5/c1-12(2,3)18-8-9(7-10(15)16)14-11(17)19-13(4,5)6/h9H,7-8H2,1-6H3,(H,14,17)(H,15,16)/t9-/m1/s1. The smallest absolute Gasteiger partial charge is 0.407 e. The third-order valence-corrected chi connectivity index (χ3v) is 1.86. The molecule has 2 N–H and O–H groups in total. The Kier molecular flexibility index (Phi) is 6.29. The summed E-state index contributed by atoms with van der Waals surface area (Å²) in [5.41, 5.74) is -1.02. The van der Waals surface area contributed by atoms with Crippen molar-refractivity contribution in [1.82, 2.24) is 5.32 Å². The summed E-state index contributed by atoms with van der Waals surface area (Å²) in [6.45, 7) is 10.9. The van der Waals surface area contributed by atoms with Crippen LogP contribution >= 0.6 is 0 Å². The van der Waals surface area contributed by atoms with E-state index in [1.54, 1.807) is 20.8 Å². The first-order valence-electron chi connectivity index (χ1n) is 6.24. The number of nitrogens with one attached hydrogen (secondary N) is 1. The van der Waals surface area contributed by atoms with Crippen LogP contribution in [0.2, 0.25) is 0 Å². The summed E-state index contributed by atoms with van der Waals surface area (Å²) in [6.07, 6.45) is -0.855. The third kappa shape index (κ3) is 11.5. The van der Waals surface area contributed by atoms with Gasteiger partial charge >= 0.3 is 12.1 Å². The monoisotopic (exact) mass is 275 g/mol. The zero-order valence-corrected chi connectivity index (χ0v) is 12.6. The van der Waals surface area contributed by atoms with Crippen LogP contribution < -0.4 is 5.32 Å². The van der Waals surface area contributed by atoms with Crippen molar-refractivity contribution in [3.63, 3.8) is 0 Å². The molecule has 1 atom stereocenters. The number of carboxylic acid groups (broad SMARTS) is 1. The van der Waals surface area contributed by atoms with Gasteiger partial charge in [-0.3, -0.25) is 4.79 Å². The number of carboxylic acids is 1. The maximum absolute atomic E-state index is 11.6. The highest BCUT2D eigenvalue weighted by atomic mass is 16.6. The van der Waals surface area contributed by atoms with Gasteiger partial charge in [-0.15, -0.1) is 0 Å². The summed E-state index contributed by atoms with van der Waals surface area (Å²) < 4.78 is 10.6. The lowest BCUT2D eigenvalue weighted by Gasteiger charge is -2.26. The van der Waals surface area contributed by atoms with Gasteiger partial charge in [0.05, 0.1) is 24.7 Å². The molecular weight excluding hydrogens is 250 g/mol. The molecule has 1 amide bonds. The van der Waals surface area contributed by atoms with Crippen LogP contribution in [0.5, 0.6) is 0 Å². The molecule has 0 aromatic rings. The first-order chi connectivity index (χ1) is 8.39. The molecule has 6 nitrogen and oxygen atoms in total. The van der Waals surface area contributed by atoms with Gasteiger partial charge in [0.2, 0.25) is 0 Å². The fourth-order valence-electron chi connectivity index (χ4n) is 1.19. The van der Waals surface area contributed by atoms with Gasteiger partial charge in [-0.25, -0.2) is 4.79 Å². The Bertz CT molecular complexity index is 314. The van der Waals surface area contributed by atoms with Crippen LogP contribution in [0, 0.1) is 0 Å². The van der Waals surface area contributed by atoms with E-state index < -0.39 is 29.3 Å². The van der Waals surface area contributed by atoms with E-state index in [1.165, 1.54) is 0 Å². The molecule has 0 fully saturated rings. The molecule has 112 valence electrons. The molecule has 0 bridgehead atoms. The average molecular weight is 275 g/mol. The number of hydrogen-bond acceptors (Lipinski definition) is 4. The average Bonchev–Trinajstić information content (AvgIpc) is 2.08. The molecule has 0 radical (unpaired) electrons. The highest BCUT2D eigenvalue weighted by Gasteiger charge is 2.23. The van der Waals surface area contributed by atoms with E-state index >= 15 is 0 Å². The van der Waals surface area contributed by atoms with Crippen molar-refractivity contribution in [2.45, 2.75) is 65.2 Å². The fraction of sp³-hybridized carbons (Fsp3) is 0.846. The minimum atomic E-state index is -1.00. The van der Waals surface area contributed by atoms with Gasteiger partial charge in [0.25, 0.3) is 0 Å². The van der Waals surface area contributed by atoms with Gasteiger partial charge in [0, 0.05) is 0 Å². The molecule has 0 aliphatic carbocycles. The molecule has 0 saturated heterocycles. The molecule has 0 aliphatic heterocycles. The van der Waals surface area contributed by atoms with Crippen LogP contribution in [-0.4, -0.2) is 41.0 Å². The van der Waals surface area contributed by atoms with Crippen molar-refractivity contribution >= 4 is 12.1 Å². The number of aliphatic carboxylic acids is 1. The highest BCUT2D eigenvalue weighted by Crippen LogP contribution is 2.10. The maximum atomic E-state index is 11.6. The zero-order chi connectivity index (χ0) is 15.3. The minimum Gasteiger partial charge on any atom is -0.481 e. The summed E-state index contributed by atoms with van der Waals surface area (Å²) in [6, 6.07) is -0.619. The topological polar surface area (TPSA) is 84.9 Å². The van der Waals surface area contributed by atoms with E-state index in [-0.39, 0.29) is 13.0 Å². The summed E-state index contributed by atoms with van der Waals surface area (Å²) in [4.78, 5) is 22.3. The lowest BCUT2D eigenvalue weighted by molar-refractivity contribution is -0.138. The van der Waals surface area contributed by atoms with Crippen molar-refractivity contribution in [3.05, 3.63) is 0 Å². The fourth-order valence-corrected chi connectivity index (χ4v) is 1.19. The van der Waals surface area contributed by atoms with Crippen LogP contribution in [0.3, 0.4) is 0 Å². The van der Waals surface area contributed by atoms with Gasteiger partial charge in [-0.2, -0.15) is 0 Å². The van der Waals surface area contributed by atoms with Crippen LogP contribution in [0.1, 0.15) is 48.0 Å². The molecule has 0 rings (SSSR count). The normalized spacial score (nSPS) is 13.8. The van der Waals surface area contributed by atoms with Gasteiger partial charge in [0.15, 0.2) is 0 Å². The SMILES string of the molecule is CC(C)(C)OC[C@@H](CC(=O)O)NC(=O)OC(C)(C)C. The van der Waals surface area contributed by atoms with Crippen LogP contribution in [0.15, 0.2) is 0 Å². The molecule has 0 aromatic carbocycles. The van der Waals surface area contributed by atoms with Crippen LogP contribution in [0.25, 0.3) is 0 Å². The highest BCUT2D eigenvalue weighted by molar-refractivity contribution is 5.71. The van der Waals surface area contributed by atoms with E-state index in [0.717, 1.165) is 0 Å². The molecule has 0 heterocycles. The maximum Gasteiger partial charge on any atom is 0.407 e. The first kappa shape index (κ1) is 17.7. The third-order valence-electron chi connectivity index (χ3n) is 1.86. The van der Waals surface area contributed by atoms with E-state index in [0.29, 0.717) is 0 Å². The Morgan fingerprint density at radius 2 is 1.63 bits per heavy atom. The predicted octanol–water partition coefficient (Wildman–Crippen LogP) is 2.17. The van der Waals surface area contributed by atoms with Crippen molar-refractivity contribution in [1.29, 1.82) is 0 Å². The van der Waals surface area contributed by atoms with Crippen molar-refractivity contribution in [2.24, 2.45) is 0 Å². The molecule has 19 heavy (non-hydrogen) atoms. The largest absolute Gasteiger partial charge is 0.481 e. The number of alkyl carbamates (subject to hydrolysis) is 1. The second kappa shape index (κ2) is 6.75. The summed E-state index contributed by atoms with van der Waals surface area (Å²) in [7, 11) is 0. The van der Waals surface area contributed by atoms with Gasteiger partial charge in [-0.05, 0) is 41.5 Å². The Balaban J connectivity index is 4.43. The van der Waals surface area contributed by atoms with E-state index in [4.69, 9.17) is 14.6 Å². The first-order valence-corrected chi connectivity index (χ1v) is 6.24. The van der Waals surface area contributed by atoms with E-state index in [1.807, 2.05) is 20.8 Å². The van der Waals surface area contributed by atoms with Gasteiger partial charge in [-0.1, -0.05) is 0 Å². The molecule has 0 unspecified atom stereocenters. The van der Waals surface area contributed by atoms with Crippen LogP contribution in [-0.2, 0) is 14.3 Å². The summed E-state index contributed by atoms with van der Waals surface area (Å²) >= 11 is 0. The van der Waals surface area contributed by atoms with Crippen molar-refractivity contribution < 1.29 is 24.2 Å². The minimum absolute atomic E-state index is 0.120. The molecular formula is C13H25NO5. The molecule has 0 saturated carbocycles. The second-order valence-electron chi connectivity index (χ2n) is 6.36. The molecule has 0 aromatic heterocycles. The van der Waals surface area contributed by atoms with Crippen LogP contribution in [0.4, 0.5) is 4.79 Å². The molecule has 0 aliphatic rings. The number of hydrogen-bond donors (Lipinski definition) is 2. The Morgan fingerprint density at radius 3 is 2.00 bits per heavy atom.